The lowest BCUT2D eigenvalue weighted by Gasteiger charge is -2.16. The molecule has 0 rings (SSSR count). The zero-order valence-corrected chi connectivity index (χ0v) is 6.27. The first-order chi connectivity index (χ1) is 5.31. The van der Waals surface area contributed by atoms with Gasteiger partial charge in [-0.25, -0.2) is 4.79 Å². The van der Waals surface area contributed by atoms with Crippen LogP contribution in [0.5, 0.6) is 0 Å². The molecule has 7 nitrogen and oxygen atoms in total. The summed E-state index contributed by atoms with van der Waals surface area (Å²) < 4.78 is 0. The Morgan fingerprint density at radius 3 is 2.33 bits per heavy atom. The SMILES string of the molecule is NC(=O)NC(O)CCC(O)(O)O. The molecule has 0 saturated carbocycles. The van der Waals surface area contributed by atoms with Crippen LogP contribution < -0.4 is 11.1 Å². The molecule has 0 aliphatic heterocycles. The predicted molar refractivity (Wildman–Crippen MR) is 37.3 cm³/mol. The average molecular weight is 180 g/mol. The van der Waals surface area contributed by atoms with Gasteiger partial charge in [0, 0.05) is 6.42 Å². The number of nitrogens with two attached hydrogens (primary N) is 1. The molecule has 7 N–H and O–H groups in total. The molecule has 0 radical (unpaired) electrons. The number of aliphatic hydroxyl groups excluding tert-OH is 1. The number of carbonyl (C=O) groups is 1. The number of rotatable bonds is 4. The van der Waals surface area contributed by atoms with Crippen LogP contribution in [0.4, 0.5) is 4.79 Å². The lowest BCUT2D eigenvalue weighted by molar-refractivity contribution is -0.316. The predicted octanol–water partition coefficient (Wildman–Crippen LogP) is -2.62. The first-order valence-electron chi connectivity index (χ1n) is 3.22. The van der Waals surface area contributed by atoms with E-state index in [2.05, 4.69) is 5.73 Å². The van der Waals surface area contributed by atoms with Gasteiger partial charge in [0.05, 0.1) is 0 Å². The molecule has 0 aliphatic carbocycles. The third kappa shape index (κ3) is 7.22. The Morgan fingerprint density at radius 1 is 1.50 bits per heavy atom. The summed E-state index contributed by atoms with van der Waals surface area (Å²) >= 11 is 0. The Labute approximate surface area is 68.4 Å². The molecular weight excluding hydrogens is 168 g/mol. The van der Waals surface area contributed by atoms with Gasteiger partial charge in [-0.1, -0.05) is 0 Å². The minimum atomic E-state index is -2.83. The molecule has 0 heterocycles. The largest absolute Gasteiger partial charge is 0.374 e. The maximum atomic E-state index is 10.1. The number of amides is 2. The van der Waals surface area contributed by atoms with Crippen LogP contribution in [0, 0.1) is 0 Å². The zero-order valence-electron chi connectivity index (χ0n) is 6.27. The molecule has 7 heteroatoms. The molecule has 72 valence electrons. The fourth-order valence-electron chi connectivity index (χ4n) is 0.567. The number of urea groups is 1. The van der Waals surface area contributed by atoms with Gasteiger partial charge < -0.3 is 31.5 Å². The molecule has 0 saturated heterocycles. The number of carbonyl (C=O) groups excluding carboxylic acids is 1. The monoisotopic (exact) mass is 180 g/mol. The highest BCUT2D eigenvalue weighted by Gasteiger charge is 2.19. The summed E-state index contributed by atoms with van der Waals surface area (Å²) in [4.78, 5) is 10.1. The van der Waals surface area contributed by atoms with E-state index in [1.54, 1.807) is 0 Å². The van der Waals surface area contributed by atoms with Crippen LogP contribution in [0.3, 0.4) is 0 Å². The second kappa shape index (κ2) is 4.21. The van der Waals surface area contributed by atoms with E-state index in [-0.39, 0.29) is 6.42 Å². The van der Waals surface area contributed by atoms with Crippen molar-refractivity contribution in [1.82, 2.24) is 5.32 Å². The highest BCUT2D eigenvalue weighted by molar-refractivity contribution is 5.71. The molecule has 12 heavy (non-hydrogen) atoms. The maximum Gasteiger partial charge on any atom is 0.314 e. The standard InChI is InChI=1S/C5H12N2O5/c6-4(9)7-3(8)1-2-5(10,11)12/h3,8,10-12H,1-2H2,(H3,6,7,9). The second-order valence-electron chi connectivity index (χ2n) is 2.34. The first kappa shape index (κ1) is 11.1. The van der Waals surface area contributed by atoms with Gasteiger partial charge in [-0.3, -0.25) is 0 Å². The summed E-state index contributed by atoms with van der Waals surface area (Å²) in [5.41, 5.74) is 4.64. The minimum absolute atomic E-state index is 0.216. The van der Waals surface area contributed by atoms with E-state index in [1.807, 2.05) is 5.32 Å². The molecule has 0 bridgehead atoms. The number of aliphatic hydroxyl groups is 4. The van der Waals surface area contributed by atoms with E-state index in [0.717, 1.165) is 0 Å². The highest BCUT2D eigenvalue weighted by Crippen LogP contribution is 2.05. The fraction of sp³-hybridized carbons (Fsp3) is 0.800. The summed E-state index contributed by atoms with van der Waals surface area (Å²) in [6.07, 6.45) is -2.01. The van der Waals surface area contributed by atoms with Crippen LogP contribution in [-0.4, -0.2) is 38.7 Å². The summed E-state index contributed by atoms with van der Waals surface area (Å²) in [6, 6.07) is -0.929. The van der Waals surface area contributed by atoms with Gasteiger partial charge in [0.25, 0.3) is 5.97 Å². The van der Waals surface area contributed by atoms with Crippen LogP contribution in [-0.2, 0) is 0 Å². The molecule has 0 aromatic rings. The molecule has 0 aromatic heterocycles. The Morgan fingerprint density at radius 2 is 2.00 bits per heavy atom. The molecule has 0 aromatic carbocycles. The lowest BCUT2D eigenvalue weighted by Crippen LogP contribution is -2.40. The third-order valence-corrected chi connectivity index (χ3v) is 1.06. The van der Waals surface area contributed by atoms with Crippen molar-refractivity contribution < 1.29 is 25.2 Å². The molecule has 0 fully saturated rings. The van der Waals surface area contributed by atoms with Crippen molar-refractivity contribution in [2.45, 2.75) is 25.0 Å². The number of primary amides is 1. The topological polar surface area (TPSA) is 136 Å². The number of nitrogens with one attached hydrogen (secondary N) is 1. The average Bonchev–Trinajstić information content (AvgIpc) is 1.80. The van der Waals surface area contributed by atoms with Crippen molar-refractivity contribution in [1.29, 1.82) is 0 Å². The van der Waals surface area contributed by atoms with Gasteiger partial charge in [0.15, 0.2) is 0 Å². The summed E-state index contributed by atoms with van der Waals surface area (Å²) in [7, 11) is 0. The smallest absolute Gasteiger partial charge is 0.314 e. The van der Waals surface area contributed by atoms with E-state index >= 15 is 0 Å². The van der Waals surface area contributed by atoms with Gasteiger partial charge in [0.1, 0.15) is 6.23 Å². The second-order valence-corrected chi connectivity index (χ2v) is 2.34. The zero-order chi connectivity index (χ0) is 9.78. The number of hydrogen-bond acceptors (Lipinski definition) is 5. The number of hydrogen-bond donors (Lipinski definition) is 6. The van der Waals surface area contributed by atoms with Crippen molar-refractivity contribution in [3.63, 3.8) is 0 Å². The van der Waals surface area contributed by atoms with Crippen LogP contribution >= 0.6 is 0 Å². The molecule has 1 atom stereocenters. The Kier molecular flexibility index (Phi) is 3.90. The lowest BCUT2D eigenvalue weighted by atomic mass is 10.2. The van der Waals surface area contributed by atoms with E-state index in [4.69, 9.17) is 20.4 Å². The first-order valence-corrected chi connectivity index (χ1v) is 3.22. The van der Waals surface area contributed by atoms with Crippen LogP contribution in [0.1, 0.15) is 12.8 Å². The summed E-state index contributed by atoms with van der Waals surface area (Å²) in [6.45, 7) is 0. The van der Waals surface area contributed by atoms with Gasteiger partial charge in [-0.2, -0.15) is 0 Å². The van der Waals surface area contributed by atoms with Crippen molar-refractivity contribution >= 4 is 6.03 Å². The van der Waals surface area contributed by atoms with Crippen molar-refractivity contribution in [3.8, 4) is 0 Å². The third-order valence-electron chi connectivity index (χ3n) is 1.06. The van der Waals surface area contributed by atoms with Crippen LogP contribution in [0.25, 0.3) is 0 Å². The van der Waals surface area contributed by atoms with Gasteiger partial charge in [-0.05, 0) is 6.42 Å². The van der Waals surface area contributed by atoms with Crippen LogP contribution in [0.15, 0.2) is 0 Å². The normalized spacial score (nSPS) is 14.0. The molecule has 0 aliphatic rings. The Bertz CT molecular complexity index is 154. The van der Waals surface area contributed by atoms with Gasteiger partial charge >= 0.3 is 6.03 Å². The van der Waals surface area contributed by atoms with Crippen molar-refractivity contribution in [2.75, 3.05) is 0 Å². The highest BCUT2D eigenvalue weighted by atomic mass is 16.7. The minimum Gasteiger partial charge on any atom is -0.374 e. The fourth-order valence-corrected chi connectivity index (χ4v) is 0.567. The van der Waals surface area contributed by atoms with Gasteiger partial charge in [-0.15, -0.1) is 0 Å². The van der Waals surface area contributed by atoms with E-state index < -0.39 is 24.7 Å². The maximum absolute atomic E-state index is 10.1. The van der Waals surface area contributed by atoms with Crippen molar-refractivity contribution in [2.24, 2.45) is 5.73 Å². The molecular formula is C5H12N2O5. The van der Waals surface area contributed by atoms with E-state index in [0.29, 0.717) is 0 Å². The quantitative estimate of drug-likeness (QED) is 0.263. The molecule has 0 spiro atoms. The summed E-state index contributed by atoms with van der Waals surface area (Å²) in [5, 5.41) is 35.8. The Hall–Kier alpha value is -0.890. The van der Waals surface area contributed by atoms with E-state index in [1.165, 1.54) is 0 Å². The van der Waals surface area contributed by atoms with Crippen molar-refractivity contribution in [3.05, 3.63) is 0 Å². The summed E-state index contributed by atoms with van der Waals surface area (Å²) in [5.74, 6) is -2.83. The Balaban J connectivity index is 3.57. The van der Waals surface area contributed by atoms with E-state index in [9.17, 15) is 4.79 Å². The molecule has 1 unspecified atom stereocenters. The molecule has 2 amide bonds. The van der Waals surface area contributed by atoms with Gasteiger partial charge in [0.2, 0.25) is 0 Å². The van der Waals surface area contributed by atoms with Crippen LogP contribution in [0.2, 0.25) is 0 Å².